The Kier molecular flexibility index (Phi) is 2.98. The molecule has 0 heterocycles. The van der Waals surface area contributed by atoms with Crippen molar-refractivity contribution in [3.05, 3.63) is 22.2 Å². The van der Waals surface area contributed by atoms with Gasteiger partial charge in [0.25, 0.3) is 0 Å². The zero-order valence-electron chi connectivity index (χ0n) is 7.23. The van der Waals surface area contributed by atoms with Crippen LogP contribution in [0.15, 0.2) is 16.6 Å². The van der Waals surface area contributed by atoms with Gasteiger partial charge in [0, 0.05) is 10.2 Å². The van der Waals surface area contributed by atoms with E-state index in [2.05, 4.69) is 22.9 Å². The first-order valence-corrected chi connectivity index (χ1v) is 4.60. The van der Waals surface area contributed by atoms with Crippen molar-refractivity contribution in [2.24, 2.45) is 0 Å². The van der Waals surface area contributed by atoms with Gasteiger partial charge in [0.2, 0.25) is 0 Å². The lowest BCUT2D eigenvalue weighted by molar-refractivity contribution is 0.410. The van der Waals surface area contributed by atoms with Crippen LogP contribution in [0.25, 0.3) is 0 Å². The summed E-state index contributed by atoms with van der Waals surface area (Å²) in [4.78, 5) is 0. The van der Waals surface area contributed by atoms with E-state index in [0.29, 0.717) is 0 Å². The molecular formula is C9H12BrNO. The number of hydrogen-bond donors (Lipinski definition) is 1. The molecule has 0 amide bonds. The van der Waals surface area contributed by atoms with Crippen LogP contribution < -0.4 is 10.5 Å². The molecule has 0 aliphatic heterocycles. The Morgan fingerprint density at radius 1 is 1.50 bits per heavy atom. The fraction of sp³-hybridized carbons (Fsp3) is 0.333. The molecule has 0 aliphatic rings. The Morgan fingerprint density at radius 3 is 2.67 bits per heavy atom. The number of methoxy groups -OCH3 is 1. The van der Waals surface area contributed by atoms with Crippen molar-refractivity contribution in [2.45, 2.75) is 13.3 Å². The monoisotopic (exact) mass is 229 g/mol. The van der Waals surface area contributed by atoms with Crippen LogP contribution in [-0.4, -0.2) is 7.11 Å². The highest BCUT2D eigenvalue weighted by molar-refractivity contribution is 9.10. The molecular weight excluding hydrogens is 218 g/mol. The standard InChI is InChI=1S/C9H12BrNO/c1-3-6-4-8(11)7(10)5-9(6)12-2/h4-5H,3,11H2,1-2H3. The predicted octanol–water partition coefficient (Wildman–Crippen LogP) is 2.60. The third-order valence-electron chi connectivity index (χ3n) is 1.78. The second kappa shape index (κ2) is 3.81. The van der Waals surface area contributed by atoms with Gasteiger partial charge in [0.1, 0.15) is 5.75 Å². The fourth-order valence-corrected chi connectivity index (χ4v) is 1.41. The lowest BCUT2D eigenvalue weighted by Gasteiger charge is -2.08. The smallest absolute Gasteiger partial charge is 0.123 e. The summed E-state index contributed by atoms with van der Waals surface area (Å²) < 4.78 is 6.07. The van der Waals surface area contributed by atoms with Crippen LogP contribution in [0.5, 0.6) is 5.75 Å². The van der Waals surface area contributed by atoms with Crippen molar-refractivity contribution >= 4 is 21.6 Å². The highest BCUT2D eigenvalue weighted by Gasteiger charge is 2.04. The summed E-state index contributed by atoms with van der Waals surface area (Å²) in [7, 11) is 1.66. The van der Waals surface area contributed by atoms with Crippen molar-refractivity contribution in [1.29, 1.82) is 0 Å². The van der Waals surface area contributed by atoms with E-state index in [4.69, 9.17) is 10.5 Å². The number of nitrogen functional groups attached to an aromatic ring is 1. The zero-order valence-corrected chi connectivity index (χ0v) is 8.81. The van der Waals surface area contributed by atoms with Gasteiger partial charge >= 0.3 is 0 Å². The van der Waals surface area contributed by atoms with Crippen LogP contribution in [0.2, 0.25) is 0 Å². The van der Waals surface area contributed by atoms with Gasteiger partial charge in [0.05, 0.1) is 7.11 Å². The minimum Gasteiger partial charge on any atom is -0.496 e. The highest BCUT2D eigenvalue weighted by atomic mass is 79.9. The Hall–Kier alpha value is -0.700. The minimum atomic E-state index is 0.757. The Balaban J connectivity index is 3.19. The first-order valence-electron chi connectivity index (χ1n) is 3.81. The summed E-state index contributed by atoms with van der Waals surface area (Å²) in [5.74, 6) is 0.888. The molecule has 12 heavy (non-hydrogen) atoms. The molecule has 0 saturated heterocycles. The molecule has 0 aromatic heterocycles. The Bertz CT molecular complexity index is 257. The molecule has 0 radical (unpaired) electrons. The molecule has 1 aromatic rings. The fourth-order valence-electron chi connectivity index (χ4n) is 1.09. The van der Waals surface area contributed by atoms with Gasteiger partial charge in [0.15, 0.2) is 0 Å². The third-order valence-corrected chi connectivity index (χ3v) is 2.47. The molecule has 1 aromatic carbocycles. The second-order valence-electron chi connectivity index (χ2n) is 2.54. The average molecular weight is 230 g/mol. The quantitative estimate of drug-likeness (QED) is 0.792. The van der Waals surface area contributed by atoms with Crippen molar-refractivity contribution < 1.29 is 4.74 Å². The molecule has 0 spiro atoms. The summed E-state index contributed by atoms with van der Waals surface area (Å²) >= 11 is 3.35. The van der Waals surface area contributed by atoms with Crippen molar-refractivity contribution in [1.82, 2.24) is 0 Å². The van der Waals surface area contributed by atoms with E-state index < -0.39 is 0 Å². The van der Waals surface area contributed by atoms with Crippen LogP contribution in [-0.2, 0) is 6.42 Å². The molecule has 1 rings (SSSR count). The molecule has 3 heteroatoms. The van der Waals surface area contributed by atoms with E-state index in [0.717, 1.165) is 27.9 Å². The number of hydrogen-bond acceptors (Lipinski definition) is 2. The van der Waals surface area contributed by atoms with Gasteiger partial charge in [-0.2, -0.15) is 0 Å². The van der Waals surface area contributed by atoms with Crippen molar-refractivity contribution in [2.75, 3.05) is 12.8 Å². The summed E-state index contributed by atoms with van der Waals surface area (Å²) in [6.07, 6.45) is 0.931. The number of aryl methyl sites for hydroxylation is 1. The minimum absolute atomic E-state index is 0.757. The summed E-state index contributed by atoms with van der Waals surface area (Å²) in [6.45, 7) is 2.07. The number of rotatable bonds is 2. The maximum absolute atomic E-state index is 5.72. The van der Waals surface area contributed by atoms with E-state index in [9.17, 15) is 0 Å². The molecule has 2 nitrogen and oxygen atoms in total. The molecule has 0 atom stereocenters. The molecule has 0 bridgehead atoms. The predicted molar refractivity (Wildman–Crippen MR) is 54.5 cm³/mol. The van der Waals surface area contributed by atoms with E-state index >= 15 is 0 Å². The van der Waals surface area contributed by atoms with E-state index in [1.807, 2.05) is 12.1 Å². The lowest BCUT2D eigenvalue weighted by Crippen LogP contribution is -1.94. The molecule has 0 saturated carbocycles. The maximum Gasteiger partial charge on any atom is 0.123 e. The highest BCUT2D eigenvalue weighted by Crippen LogP contribution is 2.29. The number of benzene rings is 1. The van der Waals surface area contributed by atoms with E-state index in [1.54, 1.807) is 7.11 Å². The van der Waals surface area contributed by atoms with Gasteiger partial charge in [-0.3, -0.25) is 0 Å². The number of ether oxygens (including phenoxy) is 1. The van der Waals surface area contributed by atoms with E-state index in [1.165, 1.54) is 0 Å². The zero-order chi connectivity index (χ0) is 9.14. The van der Waals surface area contributed by atoms with Crippen LogP contribution in [0.4, 0.5) is 5.69 Å². The number of nitrogens with two attached hydrogens (primary N) is 1. The molecule has 0 aliphatic carbocycles. The molecule has 0 unspecified atom stereocenters. The Labute approximate surface area is 80.8 Å². The van der Waals surface area contributed by atoms with Crippen LogP contribution in [0.3, 0.4) is 0 Å². The van der Waals surface area contributed by atoms with E-state index in [-0.39, 0.29) is 0 Å². The first kappa shape index (κ1) is 9.39. The van der Waals surface area contributed by atoms with Gasteiger partial charge in [-0.25, -0.2) is 0 Å². The largest absolute Gasteiger partial charge is 0.496 e. The topological polar surface area (TPSA) is 35.2 Å². The van der Waals surface area contributed by atoms with Gasteiger partial charge < -0.3 is 10.5 Å². The van der Waals surface area contributed by atoms with Gasteiger partial charge in [-0.05, 0) is 40.0 Å². The van der Waals surface area contributed by atoms with Crippen molar-refractivity contribution in [3.8, 4) is 5.75 Å². The number of halogens is 1. The normalized spacial score (nSPS) is 9.92. The molecule has 2 N–H and O–H groups in total. The van der Waals surface area contributed by atoms with Gasteiger partial charge in [-0.1, -0.05) is 6.92 Å². The average Bonchev–Trinajstić information content (AvgIpc) is 2.09. The summed E-state index contributed by atoms with van der Waals surface area (Å²) in [5.41, 5.74) is 7.61. The third kappa shape index (κ3) is 1.72. The molecule has 0 fully saturated rings. The molecule has 66 valence electrons. The SMILES string of the molecule is CCc1cc(N)c(Br)cc1OC. The van der Waals surface area contributed by atoms with Crippen molar-refractivity contribution in [3.63, 3.8) is 0 Å². The summed E-state index contributed by atoms with van der Waals surface area (Å²) in [5, 5.41) is 0. The summed E-state index contributed by atoms with van der Waals surface area (Å²) in [6, 6.07) is 3.83. The lowest BCUT2D eigenvalue weighted by atomic mass is 10.1. The second-order valence-corrected chi connectivity index (χ2v) is 3.39. The van der Waals surface area contributed by atoms with Crippen LogP contribution in [0.1, 0.15) is 12.5 Å². The van der Waals surface area contributed by atoms with Crippen LogP contribution in [0, 0.1) is 0 Å². The van der Waals surface area contributed by atoms with Gasteiger partial charge in [-0.15, -0.1) is 0 Å². The number of anilines is 1. The first-order chi connectivity index (χ1) is 5.69. The van der Waals surface area contributed by atoms with Crippen LogP contribution >= 0.6 is 15.9 Å². The maximum atomic E-state index is 5.72. The Morgan fingerprint density at radius 2 is 2.17 bits per heavy atom.